The van der Waals surface area contributed by atoms with Gasteiger partial charge in [-0.15, -0.1) is 0 Å². The number of likely N-dealkylation sites (tertiary alicyclic amines) is 1. The third-order valence-corrected chi connectivity index (χ3v) is 4.40. The number of amides is 1. The van der Waals surface area contributed by atoms with Gasteiger partial charge in [-0.3, -0.25) is 4.79 Å². The Morgan fingerprint density at radius 2 is 2.05 bits per heavy atom. The van der Waals surface area contributed by atoms with E-state index in [4.69, 9.17) is 5.73 Å². The maximum absolute atomic E-state index is 12.4. The Kier molecular flexibility index (Phi) is 4.33. The highest BCUT2D eigenvalue weighted by Gasteiger charge is 2.24. The molecule has 4 nitrogen and oxygen atoms in total. The highest BCUT2D eigenvalue weighted by Crippen LogP contribution is 2.20. The molecule has 20 heavy (non-hydrogen) atoms. The third-order valence-electron chi connectivity index (χ3n) is 4.40. The molecule has 1 fully saturated rings. The number of piperidine rings is 1. The van der Waals surface area contributed by atoms with E-state index in [1.807, 2.05) is 19.9 Å². The summed E-state index contributed by atoms with van der Waals surface area (Å²) < 4.78 is 0. The zero-order valence-corrected chi connectivity index (χ0v) is 12.9. The van der Waals surface area contributed by atoms with Crippen LogP contribution in [0.25, 0.3) is 0 Å². The fourth-order valence-electron chi connectivity index (χ4n) is 2.80. The van der Waals surface area contributed by atoms with Crippen molar-refractivity contribution in [3.63, 3.8) is 0 Å². The van der Waals surface area contributed by atoms with Crippen LogP contribution in [0.5, 0.6) is 0 Å². The molecule has 4 heteroatoms. The van der Waals surface area contributed by atoms with E-state index in [9.17, 15) is 4.79 Å². The van der Waals surface area contributed by atoms with Crippen molar-refractivity contribution < 1.29 is 4.79 Å². The predicted octanol–water partition coefficient (Wildman–Crippen LogP) is 2.10. The summed E-state index contributed by atoms with van der Waals surface area (Å²) in [6.07, 6.45) is 2.01. The summed E-state index contributed by atoms with van der Waals surface area (Å²) in [6, 6.07) is 4.54. The zero-order chi connectivity index (χ0) is 14.9. The van der Waals surface area contributed by atoms with E-state index < -0.39 is 0 Å². The third kappa shape index (κ3) is 3.12. The quantitative estimate of drug-likeness (QED) is 0.813. The van der Waals surface area contributed by atoms with Crippen LogP contribution in [0, 0.1) is 13.8 Å². The van der Waals surface area contributed by atoms with Gasteiger partial charge in [-0.2, -0.15) is 0 Å². The van der Waals surface area contributed by atoms with Crippen LogP contribution in [0.2, 0.25) is 0 Å². The average Bonchev–Trinajstić information content (AvgIpc) is 2.38. The van der Waals surface area contributed by atoms with Crippen molar-refractivity contribution in [3.8, 4) is 0 Å². The second kappa shape index (κ2) is 5.83. The average molecular weight is 275 g/mol. The lowest BCUT2D eigenvalue weighted by atomic mass is 9.97. The molecule has 0 spiro atoms. The summed E-state index contributed by atoms with van der Waals surface area (Å²) in [5, 5.41) is 3.15. The van der Waals surface area contributed by atoms with E-state index in [0.717, 1.165) is 30.5 Å². The molecular formula is C16H25N3O. The highest BCUT2D eigenvalue weighted by molar-refractivity contribution is 5.96. The Morgan fingerprint density at radius 3 is 2.70 bits per heavy atom. The van der Waals surface area contributed by atoms with E-state index in [2.05, 4.69) is 24.2 Å². The summed E-state index contributed by atoms with van der Waals surface area (Å²) >= 11 is 0. The van der Waals surface area contributed by atoms with Crippen LogP contribution in [0.3, 0.4) is 0 Å². The molecule has 1 heterocycles. The Labute approximate surface area is 121 Å². The van der Waals surface area contributed by atoms with E-state index >= 15 is 0 Å². The monoisotopic (exact) mass is 275 g/mol. The summed E-state index contributed by atoms with van der Waals surface area (Å²) in [4.78, 5) is 14.7. The largest absolute Gasteiger partial charge is 0.398 e. The maximum Gasteiger partial charge on any atom is 0.251 e. The number of nitrogens with zero attached hydrogens (tertiary/aromatic N) is 1. The number of carbonyl (C=O) groups excluding carboxylic acids is 1. The van der Waals surface area contributed by atoms with Crippen molar-refractivity contribution in [1.82, 2.24) is 10.2 Å². The van der Waals surface area contributed by atoms with E-state index in [1.165, 1.54) is 0 Å². The van der Waals surface area contributed by atoms with Crippen molar-refractivity contribution in [3.05, 3.63) is 28.8 Å². The molecule has 110 valence electrons. The van der Waals surface area contributed by atoms with Gasteiger partial charge in [0.1, 0.15) is 0 Å². The van der Waals surface area contributed by atoms with Crippen molar-refractivity contribution in [2.75, 3.05) is 19.3 Å². The zero-order valence-electron chi connectivity index (χ0n) is 12.9. The lowest BCUT2D eigenvalue weighted by molar-refractivity contribution is 0.0896. The molecule has 1 aromatic carbocycles. The second-order valence-electron chi connectivity index (χ2n) is 6.05. The Hall–Kier alpha value is -1.55. The molecule has 0 bridgehead atoms. The molecule has 1 aliphatic heterocycles. The van der Waals surface area contributed by atoms with Gasteiger partial charge in [0.15, 0.2) is 0 Å². The number of aryl methyl sites for hydroxylation is 2. The minimum Gasteiger partial charge on any atom is -0.398 e. The Bertz CT molecular complexity index is 513. The summed E-state index contributed by atoms with van der Waals surface area (Å²) in [5.41, 5.74) is 9.29. The molecule has 1 aromatic rings. The molecule has 2 unspecified atom stereocenters. The smallest absolute Gasteiger partial charge is 0.251 e. The van der Waals surface area contributed by atoms with Crippen molar-refractivity contribution in [2.24, 2.45) is 0 Å². The van der Waals surface area contributed by atoms with Crippen LogP contribution in [-0.4, -0.2) is 36.5 Å². The number of nitrogens with one attached hydrogen (secondary N) is 1. The number of carbonyl (C=O) groups is 1. The molecule has 0 aliphatic carbocycles. The van der Waals surface area contributed by atoms with Gasteiger partial charge in [-0.25, -0.2) is 0 Å². The number of nitrogens with two attached hydrogens (primary N) is 1. The number of nitrogen functional groups attached to an aromatic ring is 1. The van der Waals surface area contributed by atoms with Crippen LogP contribution in [0.4, 0.5) is 5.69 Å². The summed E-state index contributed by atoms with van der Waals surface area (Å²) in [7, 11) is 2.13. The molecule has 0 radical (unpaired) electrons. The van der Waals surface area contributed by atoms with Crippen LogP contribution in [0.1, 0.15) is 41.3 Å². The lowest BCUT2D eigenvalue weighted by Crippen LogP contribution is -2.47. The van der Waals surface area contributed by atoms with Crippen LogP contribution in [0.15, 0.2) is 12.1 Å². The number of anilines is 1. The van der Waals surface area contributed by atoms with Crippen molar-refractivity contribution >= 4 is 11.6 Å². The van der Waals surface area contributed by atoms with E-state index in [1.54, 1.807) is 6.07 Å². The molecule has 0 aromatic heterocycles. The number of hydrogen-bond donors (Lipinski definition) is 2. The normalized spacial score (nSPS) is 23.6. The first-order chi connectivity index (χ1) is 9.38. The van der Waals surface area contributed by atoms with Crippen LogP contribution < -0.4 is 11.1 Å². The minimum atomic E-state index is -0.00375. The lowest BCUT2D eigenvalue weighted by Gasteiger charge is -2.35. The molecule has 2 rings (SSSR count). The highest BCUT2D eigenvalue weighted by atomic mass is 16.1. The van der Waals surface area contributed by atoms with Crippen molar-refractivity contribution in [2.45, 2.75) is 45.7 Å². The first-order valence-corrected chi connectivity index (χ1v) is 7.26. The van der Waals surface area contributed by atoms with Gasteiger partial charge in [0.25, 0.3) is 5.91 Å². The molecule has 1 amide bonds. The second-order valence-corrected chi connectivity index (χ2v) is 6.05. The fourth-order valence-corrected chi connectivity index (χ4v) is 2.80. The SMILES string of the molecule is Cc1cc(C)c(C(=O)NC2CCN(C)C(C)C2)cc1N. The topological polar surface area (TPSA) is 58.4 Å². The molecule has 1 aliphatic rings. The Balaban J connectivity index is 2.07. The minimum absolute atomic E-state index is 0.00375. The first kappa shape index (κ1) is 14.9. The van der Waals surface area contributed by atoms with Gasteiger partial charge in [-0.1, -0.05) is 6.07 Å². The van der Waals surface area contributed by atoms with Crippen LogP contribution >= 0.6 is 0 Å². The van der Waals surface area contributed by atoms with Crippen LogP contribution in [-0.2, 0) is 0 Å². The molecule has 1 saturated heterocycles. The predicted molar refractivity (Wildman–Crippen MR) is 82.9 cm³/mol. The van der Waals surface area contributed by atoms with Gasteiger partial charge in [-0.05, 0) is 57.9 Å². The van der Waals surface area contributed by atoms with Gasteiger partial charge in [0.2, 0.25) is 0 Å². The summed E-state index contributed by atoms with van der Waals surface area (Å²) in [5.74, 6) is -0.00375. The van der Waals surface area contributed by atoms with E-state index in [0.29, 0.717) is 17.3 Å². The molecular weight excluding hydrogens is 250 g/mol. The van der Waals surface area contributed by atoms with Crippen molar-refractivity contribution in [1.29, 1.82) is 0 Å². The molecule has 3 N–H and O–H groups in total. The van der Waals surface area contributed by atoms with E-state index in [-0.39, 0.29) is 11.9 Å². The first-order valence-electron chi connectivity index (χ1n) is 7.26. The fraction of sp³-hybridized carbons (Fsp3) is 0.562. The summed E-state index contributed by atoms with van der Waals surface area (Å²) in [6.45, 7) is 7.15. The Morgan fingerprint density at radius 1 is 1.35 bits per heavy atom. The molecule has 0 saturated carbocycles. The molecule has 2 atom stereocenters. The van der Waals surface area contributed by atoms with Gasteiger partial charge >= 0.3 is 0 Å². The number of rotatable bonds is 2. The van der Waals surface area contributed by atoms with Gasteiger partial charge in [0, 0.05) is 29.9 Å². The number of hydrogen-bond acceptors (Lipinski definition) is 3. The maximum atomic E-state index is 12.4. The number of benzene rings is 1. The standard InChI is InChI=1S/C16H25N3O/c1-10-7-11(2)15(17)9-14(10)16(20)18-13-5-6-19(4)12(3)8-13/h7,9,12-13H,5-6,8,17H2,1-4H3,(H,18,20). The van der Waals surface area contributed by atoms with Gasteiger partial charge in [0.05, 0.1) is 0 Å². The van der Waals surface area contributed by atoms with Gasteiger partial charge < -0.3 is 16.0 Å².